The number of nitrogens with one attached hydrogen (secondary N) is 1. The Hall–Kier alpha value is -0.830. The fourth-order valence-electron chi connectivity index (χ4n) is 2.32. The van der Waals surface area contributed by atoms with Crippen LogP contribution in [0, 0.1) is 5.92 Å². The van der Waals surface area contributed by atoms with E-state index < -0.39 is 0 Å². The molecular formula is C13H19NOS. The zero-order valence-corrected chi connectivity index (χ0v) is 10.4. The minimum absolute atomic E-state index is 0.207. The summed E-state index contributed by atoms with van der Waals surface area (Å²) in [4.78, 5) is 11.6. The van der Waals surface area contributed by atoms with Gasteiger partial charge in [0.1, 0.15) is 0 Å². The van der Waals surface area contributed by atoms with Gasteiger partial charge in [-0.25, -0.2) is 0 Å². The quantitative estimate of drug-likeness (QED) is 0.836. The number of thiophene rings is 1. The van der Waals surface area contributed by atoms with Gasteiger partial charge >= 0.3 is 0 Å². The van der Waals surface area contributed by atoms with Crippen molar-refractivity contribution in [3.8, 4) is 0 Å². The first kappa shape index (κ1) is 11.6. The summed E-state index contributed by atoms with van der Waals surface area (Å²) in [5, 5.41) is 7.10. The van der Waals surface area contributed by atoms with E-state index in [-0.39, 0.29) is 5.91 Å². The number of rotatable bonds is 5. The molecule has 1 saturated carbocycles. The van der Waals surface area contributed by atoms with Gasteiger partial charge in [0.2, 0.25) is 5.91 Å². The van der Waals surface area contributed by atoms with Crippen molar-refractivity contribution in [3.05, 3.63) is 22.4 Å². The third-order valence-electron chi connectivity index (χ3n) is 3.32. The van der Waals surface area contributed by atoms with Crippen LogP contribution < -0.4 is 5.32 Å². The summed E-state index contributed by atoms with van der Waals surface area (Å²) in [6, 6.07) is 2.06. The molecule has 1 heterocycles. The first-order valence-electron chi connectivity index (χ1n) is 6.12. The molecule has 0 aromatic carbocycles. The maximum Gasteiger partial charge on any atom is 0.220 e. The predicted octanol–water partition coefficient (Wildman–Crippen LogP) is 3.33. The second-order valence-corrected chi connectivity index (χ2v) is 5.38. The third kappa shape index (κ3) is 3.63. The fourth-order valence-corrected chi connectivity index (χ4v) is 2.99. The van der Waals surface area contributed by atoms with Crippen molar-refractivity contribution in [1.82, 2.24) is 5.32 Å². The Kier molecular flexibility index (Phi) is 4.40. The molecule has 1 amide bonds. The summed E-state index contributed by atoms with van der Waals surface area (Å²) in [5.74, 6) is 1.02. The topological polar surface area (TPSA) is 29.1 Å². The molecule has 0 saturated heterocycles. The van der Waals surface area contributed by atoms with Crippen LogP contribution in [0.15, 0.2) is 16.8 Å². The van der Waals surface area contributed by atoms with Gasteiger partial charge in [-0.2, -0.15) is 11.3 Å². The lowest BCUT2D eigenvalue weighted by Gasteiger charge is -2.08. The van der Waals surface area contributed by atoms with Gasteiger partial charge in [0, 0.05) is 13.0 Å². The lowest BCUT2D eigenvalue weighted by atomic mass is 10.0. The number of hydrogen-bond acceptors (Lipinski definition) is 2. The Labute approximate surface area is 101 Å². The molecule has 0 bridgehead atoms. The Balaban J connectivity index is 1.60. The molecule has 0 aliphatic heterocycles. The molecule has 0 radical (unpaired) electrons. The molecule has 3 heteroatoms. The molecule has 16 heavy (non-hydrogen) atoms. The number of carbonyl (C=O) groups excluding carboxylic acids is 1. The van der Waals surface area contributed by atoms with Crippen LogP contribution in [-0.4, -0.2) is 5.91 Å². The molecule has 2 rings (SSSR count). The van der Waals surface area contributed by atoms with Crippen LogP contribution in [0.2, 0.25) is 0 Å². The van der Waals surface area contributed by atoms with E-state index in [9.17, 15) is 4.79 Å². The lowest BCUT2D eigenvalue weighted by Crippen LogP contribution is -2.22. The lowest BCUT2D eigenvalue weighted by molar-refractivity contribution is -0.121. The third-order valence-corrected chi connectivity index (χ3v) is 4.06. The van der Waals surface area contributed by atoms with E-state index in [1.807, 2.05) is 5.38 Å². The number of carbonyl (C=O) groups is 1. The highest BCUT2D eigenvalue weighted by molar-refractivity contribution is 7.07. The van der Waals surface area contributed by atoms with Crippen molar-refractivity contribution in [2.45, 2.75) is 45.1 Å². The first-order valence-corrected chi connectivity index (χ1v) is 7.06. The van der Waals surface area contributed by atoms with Crippen LogP contribution in [0.25, 0.3) is 0 Å². The number of hydrogen-bond donors (Lipinski definition) is 1. The first-order chi connectivity index (χ1) is 7.84. The molecule has 1 N–H and O–H groups in total. The largest absolute Gasteiger partial charge is 0.352 e. The Bertz CT molecular complexity index is 315. The minimum atomic E-state index is 0.207. The molecular weight excluding hydrogens is 218 g/mol. The van der Waals surface area contributed by atoms with E-state index in [0.717, 1.165) is 12.3 Å². The van der Waals surface area contributed by atoms with Crippen molar-refractivity contribution in [2.75, 3.05) is 0 Å². The predicted molar refractivity (Wildman–Crippen MR) is 67.4 cm³/mol. The minimum Gasteiger partial charge on any atom is -0.352 e. The molecule has 0 spiro atoms. The monoisotopic (exact) mass is 237 g/mol. The smallest absolute Gasteiger partial charge is 0.220 e. The summed E-state index contributed by atoms with van der Waals surface area (Å²) < 4.78 is 0. The van der Waals surface area contributed by atoms with Gasteiger partial charge in [0.25, 0.3) is 0 Å². The van der Waals surface area contributed by atoms with Gasteiger partial charge in [-0.3, -0.25) is 4.79 Å². The standard InChI is InChI=1S/C13H19NOS/c15-13(6-5-11-3-1-2-4-11)14-9-12-7-8-16-10-12/h7-8,10-11H,1-6,9H2,(H,14,15). The van der Waals surface area contributed by atoms with Crippen LogP contribution in [0.3, 0.4) is 0 Å². The Morgan fingerprint density at radius 2 is 2.25 bits per heavy atom. The maximum atomic E-state index is 11.6. The van der Waals surface area contributed by atoms with Crippen LogP contribution in [0.1, 0.15) is 44.1 Å². The molecule has 0 atom stereocenters. The average molecular weight is 237 g/mol. The molecule has 1 fully saturated rings. The van der Waals surface area contributed by atoms with Crippen molar-refractivity contribution in [3.63, 3.8) is 0 Å². The Morgan fingerprint density at radius 1 is 1.44 bits per heavy atom. The molecule has 1 aliphatic carbocycles. The summed E-state index contributed by atoms with van der Waals surface area (Å²) in [5.41, 5.74) is 1.21. The van der Waals surface area contributed by atoms with E-state index in [0.29, 0.717) is 13.0 Å². The van der Waals surface area contributed by atoms with Crippen molar-refractivity contribution < 1.29 is 4.79 Å². The summed E-state index contributed by atoms with van der Waals surface area (Å²) in [6.07, 6.45) is 7.17. The average Bonchev–Trinajstić information content (AvgIpc) is 2.96. The molecule has 1 aromatic rings. The highest BCUT2D eigenvalue weighted by Gasteiger charge is 2.15. The zero-order chi connectivity index (χ0) is 11.2. The van der Waals surface area contributed by atoms with E-state index in [1.165, 1.54) is 31.2 Å². The molecule has 88 valence electrons. The second kappa shape index (κ2) is 6.04. The van der Waals surface area contributed by atoms with Crippen LogP contribution >= 0.6 is 11.3 Å². The fraction of sp³-hybridized carbons (Fsp3) is 0.615. The molecule has 1 aromatic heterocycles. The van der Waals surface area contributed by atoms with Gasteiger partial charge in [-0.05, 0) is 34.7 Å². The summed E-state index contributed by atoms with van der Waals surface area (Å²) >= 11 is 1.67. The van der Waals surface area contributed by atoms with Crippen LogP contribution in [-0.2, 0) is 11.3 Å². The van der Waals surface area contributed by atoms with E-state index in [2.05, 4.69) is 16.8 Å². The SMILES string of the molecule is O=C(CCC1CCCC1)NCc1ccsc1. The molecule has 1 aliphatic rings. The number of amides is 1. The van der Waals surface area contributed by atoms with Crippen molar-refractivity contribution in [2.24, 2.45) is 5.92 Å². The van der Waals surface area contributed by atoms with E-state index >= 15 is 0 Å². The second-order valence-electron chi connectivity index (χ2n) is 4.60. The van der Waals surface area contributed by atoms with Crippen molar-refractivity contribution >= 4 is 17.2 Å². The highest BCUT2D eigenvalue weighted by atomic mass is 32.1. The van der Waals surface area contributed by atoms with Gasteiger partial charge in [-0.15, -0.1) is 0 Å². The summed E-state index contributed by atoms with van der Waals surface area (Å²) in [7, 11) is 0. The van der Waals surface area contributed by atoms with Crippen LogP contribution in [0.5, 0.6) is 0 Å². The van der Waals surface area contributed by atoms with Gasteiger partial charge in [0.15, 0.2) is 0 Å². The van der Waals surface area contributed by atoms with Gasteiger partial charge < -0.3 is 5.32 Å². The molecule has 0 unspecified atom stereocenters. The van der Waals surface area contributed by atoms with E-state index in [4.69, 9.17) is 0 Å². The van der Waals surface area contributed by atoms with Gasteiger partial charge in [0.05, 0.1) is 0 Å². The highest BCUT2D eigenvalue weighted by Crippen LogP contribution is 2.28. The van der Waals surface area contributed by atoms with E-state index in [1.54, 1.807) is 11.3 Å². The van der Waals surface area contributed by atoms with Gasteiger partial charge in [-0.1, -0.05) is 25.7 Å². The maximum absolute atomic E-state index is 11.6. The zero-order valence-electron chi connectivity index (χ0n) is 9.58. The van der Waals surface area contributed by atoms with Crippen LogP contribution in [0.4, 0.5) is 0 Å². The summed E-state index contributed by atoms with van der Waals surface area (Å²) in [6.45, 7) is 0.687. The van der Waals surface area contributed by atoms with Crippen molar-refractivity contribution in [1.29, 1.82) is 0 Å². The molecule has 2 nitrogen and oxygen atoms in total. The Morgan fingerprint density at radius 3 is 2.94 bits per heavy atom. The normalized spacial score (nSPS) is 16.5.